The highest BCUT2D eigenvalue weighted by atomic mass is 35.5. The number of hydrogen-bond donors (Lipinski definition) is 4. The number of amides is 2. The number of ether oxygens (including phenoxy) is 1. The van der Waals surface area contributed by atoms with E-state index in [9.17, 15) is 19.6 Å². The highest BCUT2D eigenvalue weighted by molar-refractivity contribution is 6.58. The Bertz CT molecular complexity index is 1660. The van der Waals surface area contributed by atoms with Gasteiger partial charge in [0.2, 0.25) is 11.8 Å². The minimum absolute atomic E-state index is 0.0793. The van der Waals surface area contributed by atoms with Crippen LogP contribution >= 0.6 is 11.6 Å². The number of rotatable bonds is 9. The van der Waals surface area contributed by atoms with Gasteiger partial charge in [-0.1, -0.05) is 48.0 Å². The van der Waals surface area contributed by atoms with Gasteiger partial charge >= 0.3 is 7.12 Å². The van der Waals surface area contributed by atoms with Crippen molar-refractivity contribution in [3.63, 3.8) is 0 Å². The van der Waals surface area contributed by atoms with Crippen LogP contribution in [0.3, 0.4) is 0 Å². The fourth-order valence-electron chi connectivity index (χ4n) is 4.73. The molecule has 3 aromatic carbocycles. The van der Waals surface area contributed by atoms with Crippen molar-refractivity contribution in [3.8, 4) is 11.4 Å². The van der Waals surface area contributed by atoms with Crippen molar-refractivity contribution in [2.75, 3.05) is 13.7 Å². The minimum Gasteiger partial charge on any atom is -0.497 e. The Balaban J connectivity index is 1.36. The molecule has 42 heavy (non-hydrogen) atoms. The fourth-order valence-corrected chi connectivity index (χ4v) is 4.86. The highest BCUT2D eigenvalue weighted by Crippen LogP contribution is 2.34. The first kappa shape index (κ1) is 29.0. The third kappa shape index (κ3) is 6.36. The van der Waals surface area contributed by atoms with Crippen molar-refractivity contribution in [3.05, 3.63) is 100 Å². The van der Waals surface area contributed by atoms with Gasteiger partial charge in [0, 0.05) is 22.7 Å². The second kappa shape index (κ2) is 12.6. The minimum atomic E-state index is -1.60. The lowest BCUT2D eigenvalue weighted by Gasteiger charge is -2.14. The summed E-state index contributed by atoms with van der Waals surface area (Å²) in [7, 11) is -0.0106. The zero-order valence-electron chi connectivity index (χ0n) is 22.9. The first-order valence-corrected chi connectivity index (χ1v) is 13.5. The van der Waals surface area contributed by atoms with E-state index in [0.29, 0.717) is 39.2 Å². The van der Waals surface area contributed by atoms with Gasteiger partial charge in [0.15, 0.2) is 5.82 Å². The van der Waals surface area contributed by atoms with Crippen molar-refractivity contribution in [1.82, 2.24) is 25.4 Å². The van der Waals surface area contributed by atoms with Crippen LogP contribution in [-0.2, 0) is 16.1 Å². The molecule has 4 N–H and O–H groups in total. The van der Waals surface area contributed by atoms with Gasteiger partial charge in [-0.05, 0) is 48.3 Å². The summed E-state index contributed by atoms with van der Waals surface area (Å²) in [6, 6.07) is 18.8. The molecular weight excluding hydrogens is 559 g/mol. The van der Waals surface area contributed by atoms with E-state index in [1.54, 1.807) is 43.5 Å². The summed E-state index contributed by atoms with van der Waals surface area (Å²) in [5.74, 6) is 0.975. The standard InChI is InChI=1S/C29H28BClN6O5/c1-17-35-36-29-24(14-26(38)33-16-27(39)32-15-18-4-3-5-20(12-18)30(40)41)34-28(19-6-8-21(31)9-7-19)23-13-22(42-2)10-11-25(23)37(17)29/h3-13,24,40-41H,14-16H2,1-2H3,(H,32,39)(H,33,38)/t24-/m0/s1. The number of fused-ring (bicyclic) bond motifs is 3. The van der Waals surface area contributed by atoms with Gasteiger partial charge in [-0.15, -0.1) is 10.2 Å². The first-order valence-electron chi connectivity index (χ1n) is 13.2. The predicted molar refractivity (Wildman–Crippen MR) is 158 cm³/mol. The van der Waals surface area contributed by atoms with Crippen LogP contribution in [0.5, 0.6) is 5.75 Å². The molecule has 1 aliphatic heterocycles. The van der Waals surface area contributed by atoms with E-state index in [0.717, 1.165) is 16.8 Å². The number of methoxy groups -OCH3 is 1. The molecule has 2 heterocycles. The Hall–Kier alpha value is -4.52. The third-order valence-corrected chi connectivity index (χ3v) is 7.07. The molecule has 0 saturated heterocycles. The van der Waals surface area contributed by atoms with E-state index in [2.05, 4.69) is 20.8 Å². The van der Waals surface area contributed by atoms with Gasteiger partial charge in [0.05, 0.1) is 31.5 Å². The van der Waals surface area contributed by atoms with Gasteiger partial charge in [-0.2, -0.15) is 0 Å². The number of nitrogens with one attached hydrogen (secondary N) is 2. The van der Waals surface area contributed by atoms with E-state index in [4.69, 9.17) is 21.3 Å². The molecule has 5 rings (SSSR count). The van der Waals surface area contributed by atoms with E-state index in [1.165, 1.54) is 0 Å². The number of hydrogen-bond acceptors (Lipinski definition) is 8. The van der Waals surface area contributed by atoms with Gasteiger partial charge in [0.1, 0.15) is 17.6 Å². The molecule has 11 nitrogen and oxygen atoms in total. The maximum atomic E-state index is 13.1. The Labute approximate surface area is 247 Å². The Morgan fingerprint density at radius 1 is 1.02 bits per heavy atom. The van der Waals surface area contributed by atoms with Crippen LogP contribution in [-0.4, -0.2) is 63.1 Å². The summed E-state index contributed by atoms with van der Waals surface area (Å²) in [6.45, 7) is 1.75. The molecule has 0 aliphatic carbocycles. The maximum absolute atomic E-state index is 13.1. The maximum Gasteiger partial charge on any atom is 0.488 e. The van der Waals surface area contributed by atoms with Crippen LogP contribution in [0.1, 0.15) is 40.8 Å². The summed E-state index contributed by atoms with van der Waals surface area (Å²) in [5, 5.41) is 33.3. The second-order valence-electron chi connectivity index (χ2n) is 9.70. The Morgan fingerprint density at radius 3 is 2.55 bits per heavy atom. The zero-order valence-corrected chi connectivity index (χ0v) is 23.7. The molecule has 0 saturated carbocycles. The van der Waals surface area contributed by atoms with E-state index >= 15 is 0 Å². The van der Waals surface area contributed by atoms with Crippen molar-refractivity contribution in [2.24, 2.45) is 4.99 Å². The SMILES string of the molecule is COc1ccc2c(c1)C(c1ccc(Cl)cc1)=N[C@@H](CC(=O)NCC(=O)NCc1cccc(B(O)O)c1)c1nnc(C)n1-2. The van der Waals surface area contributed by atoms with Crippen molar-refractivity contribution >= 4 is 41.7 Å². The lowest BCUT2D eigenvalue weighted by atomic mass is 9.80. The molecule has 0 bridgehead atoms. The Morgan fingerprint density at radius 2 is 1.81 bits per heavy atom. The predicted octanol–water partition coefficient (Wildman–Crippen LogP) is 1.63. The van der Waals surface area contributed by atoms with Crippen LogP contribution in [0.15, 0.2) is 71.7 Å². The van der Waals surface area contributed by atoms with Gasteiger partial charge in [0.25, 0.3) is 0 Å². The van der Waals surface area contributed by atoms with Crippen molar-refractivity contribution < 1.29 is 24.4 Å². The summed E-state index contributed by atoms with van der Waals surface area (Å²) in [5.41, 5.74) is 4.02. The van der Waals surface area contributed by atoms with Gasteiger partial charge in [-0.25, -0.2) is 0 Å². The molecule has 2 amide bonds. The average Bonchev–Trinajstić information content (AvgIpc) is 3.32. The largest absolute Gasteiger partial charge is 0.497 e. The molecule has 0 spiro atoms. The Kier molecular flexibility index (Phi) is 8.67. The molecule has 13 heteroatoms. The normalized spacial score (nSPS) is 13.7. The molecule has 1 atom stereocenters. The number of benzene rings is 3. The lowest BCUT2D eigenvalue weighted by Crippen LogP contribution is -2.37. The van der Waals surface area contributed by atoms with Crippen LogP contribution in [0.4, 0.5) is 0 Å². The number of aromatic nitrogens is 3. The number of nitrogens with zero attached hydrogens (tertiary/aromatic N) is 4. The smallest absolute Gasteiger partial charge is 0.488 e. The van der Waals surface area contributed by atoms with Crippen LogP contribution < -0.4 is 20.8 Å². The summed E-state index contributed by atoms with van der Waals surface area (Å²) >= 11 is 6.15. The molecule has 0 radical (unpaired) electrons. The number of aryl methyl sites for hydroxylation is 1. The zero-order chi connectivity index (χ0) is 29.8. The molecule has 0 fully saturated rings. The summed E-state index contributed by atoms with van der Waals surface area (Å²) < 4.78 is 7.37. The quantitative estimate of drug-likeness (QED) is 0.218. The average molecular weight is 587 g/mol. The van der Waals surface area contributed by atoms with E-state index < -0.39 is 25.0 Å². The van der Waals surface area contributed by atoms with Crippen molar-refractivity contribution in [2.45, 2.75) is 25.9 Å². The van der Waals surface area contributed by atoms with E-state index in [1.807, 2.05) is 41.8 Å². The van der Waals surface area contributed by atoms with E-state index in [-0.39, 0.29) is 19.5 Å². The summed E-state index contributed by atoms with van der Waals surface area (Å²) in [4.78, 5) is 30.6. The molecule has 0 unspecified atom stereocenters. The molecular formula is C29H28BClN6O5. The molecule has 1 aromatic heterocycles. The number of carbonyl (C=O) groups is 2. The van der Waals surface area contributed by atoms with Crippen LogP contribution in [0, 0.1) is 6.92 Å². The number of aliphatic imine (C=N–C) groups is 1. The van der Waals surface area contributed by atoms with Crippen LogP contribution in [0.25, 0.3) is 5.69 Å². The van der Waals surface area contributed by atoms with Crippen molar-refractivity contribution in [1.29, 1.82) is 0 Å². The first-order chi connectivity index (χ1) is 20.2. The molecule has 214 valence electrons. The summed E-state index contributed by atoms with van der Waals surface area (Å²) in [6.07, 6.45) is -0.0793. The van der Waals surface area contributed by atoms with Gasteiger partial charge in [-0.3, -0.25) is 19.1 Å². The molecule has 4 aromatic rings. The lowest BCUT2D eigenvalue weighted by molar-refractivity contribution is -0.126. The van der Waals surface area contributed by atoms with Gasteiger partial charge < -0.3 is 25.4 Å². The number of carbonyl (C=O) groups excluding carboxylic acids is 2. The monoisotopic (exact) mass is 586 g/mol. The third-order valence-electron chi connectivity index (χ3n) is 6.81. The fraction of sp³-hybridized carbons (Fsp3) is 0.207. The second-order valence-corrected chi connectivity index (χ2v) is 10.1. The van der Waals surface area contributed by atoms with Crippen LogP contribution in [0.2, 0.25) is 5.02 Å². The topological polar surface area (TPSA) is 151 Å². The highest BCUT2D eigenvalue weighted by Gasteiger charge is 2.30. The molecule has 1 aliphatic rings. The number of halogens is 1.